The minimum atomic E-state index is -0.206. The highest BCUT2D eigenvalue weighted by Gasteiger charge is 2.28. The van der Waals surface area contributed by atoms with Crippen molar-refractivity contribution in [2.24, 2.45) is 5.92 Å². The molecule has 0 radical (unpaired) electrons. The van der Waals surface area contributed by atoms with Gasteiger partial charge in [0.2, 0.25) is 5.91 Å². The first-order chi connectivity index (χ1) is 13.0. The van der Waals surface area contributed by atoms with Gasteiger partial charge in [-0.1, -0.05) is 6.92 Å². The fourth-order valence-electron chi connectivity index (χ4n) is 3.55. The number of amides is 2. The number of ether oxygens (including phenoxy) is 2. The van der Waals surface area contributed by atoms with E-state index in [9.17, 15) is 9.59 Å². The number of nitrogens with one attached hydrogen (secondary N) is 2. The van der Waals surface area contributed by atoms with Crippen molar-refractivity contribution in [3.8, 4) is 11.5 Å². The molecule has 1 aromatic heterocycles. The second-order valence-electron chi connectivity index (χ2n) is 7.05. The van der Waals surface area contributed by atoms with Gasteiger partial charge in [0, 0.05) is 23.6 Å². The minimum Gasteiger partial charge on any atom is -0.486 e. The van der Waals surface area contributed by atoms with Crippen LogP contribution in [-0.4, -0.2) is 25.0 Å². The maximum absolute atomic E-state index is 13.1. The molecule has 2 aromatic rings. The summed E-state index contributed by atoms with van der Waals surface area (Å²) in [7, 11) is 0. The normalized spacial score (nSPS) is 17.8. The second kappa shape index (κ2) is 7.23. The van der Waals surface area contributed by atoms with Crippen molar-refractivity contribution in [1.29, 1.82) is 0 Å². The average molecular weight is 386 g/mol. The van der Waals surface area contributed by atoms with Crippen molar-refractivity contribution < 1.29 is 19.1 Å². The van der Waals surface area contributed by atoms with Gasteiger partial charge in [0.05, 0.1) is 5.56 Å². The van der Waals surface area contributed by atoms with Crippen LogP contribution in [0.3, 0.4) is 0 Å². The number of fused-ring (bicyclic) bond motifs is 2. The summed E-state index contributed by atoms with van der Waals surface area (Å²) < 4.78 is 11.1. The van der Waals surface area contributed by atoms with Crippen LogP contribution in [0, 0.1) is 5.92 Å². The van der Waals surface area contributed by atoms with Gasteiger partial charge in [0.1, 0.15) is 18.2 Å². The molecule has 2 heterocycles. The number of anilines is 2. The third kappa shape index (κ3) is 3.64. The monoisotopic (exact) mass is 386 g/mol. The summed E-state index contributed by atoms with van der Waals surface area (Å²) in [5.74, 6) is 1.52. The Morgan fingerprint density at radius 3 is 2.70 bits per heavy atom. The number of rotatable bonds is 3. The molecule has 7 heteroatoms. The van der Waals surface area contributed by atoms with Crippen LogP contribution in [0.5, 0.6) is 11.5 Å². The van der Waals surface area contributed by atoms with Crippen molar-refractivity contribution in [3.63, 3.8) is 0 Å². The lowest BCUT2D eigenvalue weighted by Crippen LogP contribution is -2.19. The quantitative estimate of drug-likeness (QED) is 0.840. The van der Waals surface area contributed by atoms with Gasteiger partial charge in [-0.2, -0.15) is 0 Å². The molecular formula is C20H22N2O4S. The highest BCUT2D eigenvalue weighted by Crippen LogP contribution is 2.40. The number of benzene rings is 1. The summed E-state index contributed by atoms with van der Waals surface area (Å²) in [6, 6.07) is 5.36. The van der Waals surface area contributed by atoms with Crippen molar-refractivity contribution in [3.05, 3.63) is 34.2 Å². The average Bonchev–Trinajstić information content (AvgIpc) is 2.97. The molecule has 2 amide bonds. The van der Waals surface area contributed by atoms with E-state index in [1.165, 1.54) is 23.1 Å². The third-order valence-corrected chi connectivity index (χ3v) is 6.00. The molecule has 0 bridgehead atoms. The SMILES string of the molecule is CC(=O)Nc1sc2c(c1C(=O)Nc1ccc3c(c1)OCCO3)CC[C@@H](C)C2. The molecule has 142 valence electrons. The zero-order valence-corrected chi connectivity index (χ0v) is 16.2. The predicted molar refractivity (Wildman–Crippen MR) is 105 cm³/mol. The summed E-state index contributed by atoms with van der Waals surface area (Å²) in [4.78, 5) is 25.9. The van der Waals surface area contributed by atoms with Crippen LogP contribution >= 0.6 is 11.3 Å². The summed E-state index contributed by atoms with van der Waals surface area (Å²) >= 11 is 1.52. The molecule has 0 unspecified atom stereocenters. The molecule has 0 spiro atoms. The largest absolute Gasteiger partial charge is 0.486 e. The predicted octanol–water partition coefficient (Wildman–Crippen LogP) is 3.85. The molecule has 6 nitrogen and oxygen atoms in total. The van der Waals surface area contributed by atoms with Crippen LogP contribution in [-0.2, 0) is 17.6 Å². The molecular weight excluding hydrogens is 364 g/mol. The van der Waals surface area contributed by atoms with Crippen LogP contribution in [0.25, 0.3) is 0 Å². The van der Waals surface area contributed by atoms with E-state index in [-0.39, 0.29) is 11.8 Å². The molecule has 1 aliphatic carbocycles. The van der Waals surface area contributed by atoms with E-state index in [1.807, 2.05) is 0 Å². The number of carbonyl (C=O) groups excluding carboxylic acids is 2. The van der Waals surface area contributed by atoms with Crippen molar-refractivity contribution >= 4 is 33.8 Å². The van der Waals surface area contributed by atoms with Gasteiger partial charge in [-0.3, -0.25) is 9.59 Å². The molecule has 4 rings (SSSR count). The summed E-state index contributed by atoms with van der Waals surface area (Å²) in [6.45, 7) is 4.70. The topological polar surface area (TPSA) is 76.7 Å². The van der Waals surface area contributed by atoms with Gasteiger partial charge >= 0.3 is 0 Å². The number of hydrogen-bond donors (Lipinski definition) is 2. The maximum atomic E-state index is 13.1. The number of carbonyl (C=O) groups is 2. The summed E-state index contributed by atoms with van der Waals surface area (Å²) in [6.07, 6.45) is 2.86. The molecule has 1 aromatic carbocycles. The van der Waals surface area contributed by atoms with E-state index < -0.39 is 0 Å². The number of hydrogen-bond acceptors (Lipinski definition) is 5. The van der Waals surface area contributed by atoms with Crippen LogP contribution in [0.15, 0.2) is 18.2 Å². The first-order valence-electron chi connectivity index (χ1n) is 9.14. The molecule has 2 aliphatic rings. The maximum Gasteiger partial charge on any atom is 0.258 e. The third-order valence-electron chi connectivity index (χ3n) is 4.83. The minimum absolute atomic E-state index is 0.171. The molecule has 2 N–H and O–H groups in total. The molecule has 0 fully saturated rings. The van der Waals surface area contributed by atoms with Gasteiger partial charge in [0.25, 0.3) is 5.91 Å². The fraction of sp³-hybridized carbons (Fsp3) is 0.400. The number of thiophene rings is 1. The highest BCUT2D eigenvalue weighted by molar-refractivity contribution is 7.17. The molecule has 1 atom stereocenters. The Morgan fingerprint density at radius 2 is 1.93 bits per heavy atom. The Bertz CT molecular complexity index is 906. The van der Waals surface area contributed by atoms with E-state index in [1.54, 1.807) is 18.2 Å². The molecule has 0 saturated carbocycles. The van der Waals surface area contributed by atoms with E-state index in [0.29, 0.717) is 46.9 Å². The van der Waals surface area contributed by atoms with E-state index in [4.69, 9.17) is 9.47 Å². The van der Waals surface area contributed by atoms with Crippen molar-refractivity contribution in [1.82, 2.24) is 0 Å². The zero-order valence-electron chi connectivity index (χ0n) is 15.4. The smallest absolute Gasteiger partial charge is 0.258 e. The Labute approximate surface area is 161 Å². The standard InChI is InChI=1S/C20H22N2O4S/c1-11-3-5-14-17(9-11)27-20(21-12(2)23)18(14)19(24)22-13-4-6-15-16(10-13)26-8-7-25-15/h4,6,10-11H,3,5,7-9H2,1-2H3,(H,21,23)(H,22,24)/t11-/m1/s1. The van der Waals surface area contributed by atoms with Crippen molar-refractivity contribution in [2.45, 2.75) is 33.1 Å². The van der Waals surface area contributed by atoms with Gasteiger partial charge in [-0.05, 0) is 42.9 Å². The van der Waals surface area contributed by atoms with E-state index in [0.717, 1.165) is 24.8 Å². The lowest BCUT2D eigenvalue weighted by molar-refractivity contribution is -0.114. The highest BCUT2D eigenvalue weighted by atomic mass is 32.1. The van der Waals surface area contributed by atoms with Gasteiger partial charge in [0.15, 0.2) is 11.5 Å². The Morgan fingerprint density at radius 1 is 1.15 bits per heavy atom. The van der Waals surface area contributed by atoms with Gasteiger partial charge < -0.3 is 20.1 Å². The fourth-order valence-corrected chi connectivity index (χ4v) is 5.01. The van der Waals surface area contributed by atoms with Crippen LogP contribution in [0.2, 0.25) is 0 Å². The van der Waals surface area contributed by atoms with Crippen LogP contribution in [0.1, 0.15) is 41.1 Å². The van der Waals surface area contributed by atoms with Crippen molar-refractivity contribution in [2.75, 3.05) is 23.8 Å². The second-order valence-corrected chi connectivity index (χ2v) is 8.15. The van der Waals surface area contributed by atoms with E-state index >= 15 is 0 Å². The van der Waals surface area contributed by atoms with Gasteiger partial charge in [-0.25, -0.2) is 0 Å². The Balaban J connectivity index is 1.64. The lowest BCUT2D eigenvalue weighted by atomic mass is 9.88. The van der Waals surface area contributed by atoms with E-state index in [2.05, 4.69) is 17.6 Å². The first-order valence-corrected chi connectivity index (χ1v) is 9.96. The van der Waals surface area contributed by atoms with Crippen LogP contribution < -0.4 is 20.1 Å². The molecule has 1 aliphatic heterocycles. The summed E-state index contributed by atoms with van der Waals surface area (Å²) in [5.41, 5.74) is 2.30. The van der Waals surface area contributed by atoms with Crippen LogP contribution in [0.4, 0.5) is 10.7 Å². The molecule has 0 saturated heterocycles. The Hall–Kier alpha value is -2.54. The van der Waals surface area contributed by atoms with Gasteiger partial charge in [-0.15, -0.1) is 11.3 Å². The zero-order chi connectivity index (χ0) is 19.0. The lowest BCUT2D eigenvalue weighted by Gasteiger charge is -2.20. The summed E-state index contributed by atoms with van der Waals surface area (Å²) in [5, 5.41) is 6.42. The molecule has 27 heavy (non-hydrogen) atoms. The first kappa shape index (κ1) is 17.9. The Kier molecular flexibility index (Phi) is 4.78.